The lowest BCUT2D eigenvalue weighted by atomic mass is 10.1. The second-order valence-corrected chi connectivity index (χ2v) is 5.43. The van der Waals surface area contributed by atoms with Crippen LogP contribution in [0.3, 0.4) is 0 Å². The Kier molecular flexibility index (Phi) is 6.77. The van der Waals surface area contributed by atoms with Gasteiger partial charge < -0.3 is 19.9 Å². The molecule has 2 aromatic rings. The van der Waals surface area contributed by atoms with Gasteiger partial charge in [0.2, 0.25) is 0 Å². The van der Waals surface area contributed by atoms with E-state index in [4.69, 9.17) is 15.2 Å². The van der Waals surface area contributed by atoms with Crippen LogP contribution < -0.4 is 15.2 Å². The summed E-state index contributed by atoms with van der Waals surface area (Å²) in [5, 5.41) is 0. The highest BCUT2D eigenvalue weighted by Gasteiger charge is 2.16. The minimum atomic E-state index is -0.746. The average Bonchev–Trinajstić information content (AvgIpc) is 2.61. The van der Waals surface area contributed by atoms with E-state index >= 15 is 0 Å². The zero-order valence-electron chi connectivity index (χ0n) is 14.3. The van der Waals surface area contributed by atoms with Crippen LogP contribution in [0.15, 0.2) is 42.5 Å². The van der Waals surface area contributed by atoms with E-state index in [0.29, 0.717) is 30.1 Å². The molecule has 25 heavy (non-hydrogen) atoms. The van der Waals surface area contributed by atoms with Crippen molar-refractivity contribution in [3.63, 3.8) is 0 Å². The molecule has 0 amide bonds. The normalized spacial score (nSPS) is 11.7. The maximum Gasteiger partial charge on any atom is 0.322 e. The Bertz CT molecular complexity index is 720. The quantitative estimate of drug-likeness (QED) is 0.744. The van der Waals surface area contributed by atoms with Gasteiger partial charge in [0.15, 0.2) is 11.5 Å². The number of rotatable bonds is 8. The van der Waals surface area contributed by atoms with Crippen LogP contribution in [-0.2, 0) is 22.6 Å². The Morgan fingerprint density at radius 2 is 1.92 bits per heavy atom. The molecule has 6 heteroatoms. The summed E-state index contributed by atoms with van der Waals surface area (Å²) in [5.41, 5.74) is 7.06. The number of halogens is 1. The summed E-state index contributed by atoms with van der Waals surface area (Å²) in [6, 6.07) is 11.0. The zero-order chi connectivity index (χ0) is 18.2. The summed E-state index contributed by atoms with van der Waals surface area (Å²) < 4.78 is 29.6. The number of ether oxygens (including phenoxy) is 3. The Balaban J connectivity index is 2.12. The van der Waals surface area contributed by atoms with Gasteiger partial charge in [0.25, 0.3) is 0 Å². The molecule has 2 N–H and O–H groups in total. The first-order chi connectivity index (χ1) is 12.0. The lowest BCUT2D eigenvalue weighted by Crippen LogP contribution is -2.33. The third-order valence-electron chi connectivity index (χ3n) is 3.61. The topological polar surface area (TPSA) is 70.8 Å². The van der Waals surface area contributed by atoms with Crippen LogP contribution in [0, 0.1) is 5.82 Å². The van der Waals surface area contributed by atoms with Gasteiger partial charge in [-0.15, -0.1) is 0 Å². The van der Waals surface area contributed by atoms with Crippen molar-refractivity contribution < 1.29 is 23.4 Å². The molecular weight excluding hydrogens is 325 g/mol. The molecular formula is C19H22FNO4. The van der Waals surface area contributed by atoms with Crippen molar-refractivity contribution in [1.29, 1.82) is 0 Å². The van der Waals surface area contributed by atoms with Crippen LogP contribution in [0.4, 0.5) is 4.39 Å². The van der Waals surface area contributed by atoms with Crippen molar-refractivity contribution in [3.8, 4) is 11.5 Å². The van der Waals surface area contributed by atoms with E-state index in [0.717, 1.165) is 5.56 Å². The van der Waals surface area contributed by atoms with Gasteiger partial charge in [0.1, 0.15) is 18.5 Å². The van der Waals surface area contributed by atoms with Gasteiger partial charge in [0.05, 0.1) is 13.7 Å². The fourth-order valence-corrected chi connectivity index (χ4v) is 2.33. The molecule has 0 saturated heterocycles. The summed E-state index contributed by atoms with van der Waals surface area (Å²) >= 11 is 0. The molecule has 0 aliphatic rings. The first-order valence-electron chi connectivity index (χ1n) is 8.00. The summed E-state index contributed by atoms with van der Waals surface area (Å²) in [4.78, 5) is 11.4. The summed E-state index contributed by atoms with van der Waals surface area (Å²) in [5.74, 6) is 0.230. The first-order valence-corrected chi connectivity index (χ1v) is 8.00. The molecule has 1 unspecified atom stereocenters. The molecule has 134 valence electrons. The number of methoxy groups -OCH3 is 1. The van der Waals surface area contributed by atoms with E-state index in [1.807, 2.05) is 6.92 Å². The minimum absolute atomic E-state index is 0.0910. The largest absolute Gasteiger partial charge is 0.490 e. The van der Waals surface area contributed by atoms with Crippen molar-refractivity contribution >= 4 is 5.97 Å². The summed E-state index contributed by atoms with van der Waals surface area (Å²) in [6.45, 7) is 2.39. The molecule has 2 aromatic carbocycles. The summed E-state index contributed by atoms with van der Waals surface area (Å²) in [7, 11) is 1.30. The second-order valence-electron chi connectivity index (χ2n) is 5.43. The maximum atomic E-state index is 13.7. The number of nitrogens with two attached hydrogens (primary N) is 1. The highest BCUT2D eigenvalue weighted by molar-refractivity contribution is 5.75. The third kappa shape index (κ3) is 5.19. The smallest absolute Gasteiger partial charge is 0.322 e. The molecule has 0 aliphatic heterocycles. The fraction of sp³-hybridized carbons (Fsp3) is 0.316. The Morgan fingerprint density at radius 3 is 2.60 bits per heavy atom. The molecule has 0 fully saturated rings. The Labute approximate surface area is 146 Å². The molecule has 0 spiro atoms. The zero-order valence-corrected chi connectivity index (χ0v) is 14.3. The van der Waals surface area contributed by atoms with Crippen LogP contribution in [0.25, 0.3) is 0 Å². The molecule has 0 aliphatic carbocycles. The average molecular weight is 347 g/mol. The van der Waals surface area contributed by atoms with Crippen molar-refractivity contribution in [2.75, 3.05) is 13.7 Å². The number of hydrogen-bond donors (Lipinski definition) is 1. The Hall–Kier alpha value is -2.60. The molecule has 2 rings (SSSR count). The van der Waals surface area contributed by atoms with Crippen LogP contribution in [0.2, 0.25) is 0 Å². The van der Waals surface area contributed by atoms with Crippen molar-refractivity contribution in [2.24, 2.45) is 5.73 Å². The van der Waals surface area contributed by atoms with Gasteiger partial charge >= 0.3 is 5.97 Å². The molecule has 0 heterocycles. The van der Waals surface area contributed by atoms with Gasteiger partial charge in [-0.3, -0.25) is 4.79 Å². The number of carbonyl (C=O) groups excluding carboxylic acids is 1. The SMILES string of the molecule is CCOc1cc(CC(N)C(=O)OC)ccc1OCc1ccccc1F. The highest BCUT2D eigenvalue weighted by atomic mass is 19.1. The maximum absolute atomic E-state index is 13.7. The molecule has 0 bridgehead atoms. The first kappa shape index (κ1) is 18.7. The fourth-order valence-electron chi connectivity index (χ4n) is 2.33. The van der Waals surface area contributed by atoms with Crippen LogP contribution in [0.1, 0.15) is 18.1 Å². The molecule has 0 aromatic heterocycles. The third-order valence-corrected chi connectivity index (χ3v) is 3.61. The van der Waals surface area contributed by atoms with Crippen LogP contribution >= 0.6 is 0 Å². The van der Waals surface area contributed by atoms with Gasteiger partial charge in [-0.1, -0.05) is 24.3 Å². The molecule has 1 atom stereocenters. The van der Waals surface area contributed by atoms with E-state index < -0.39 is 12.0 Å². The van der Waals surface area contributed by atoms with Crippen molar-refractivity contribution in [3.05, 3.63) is 59.4 Å². The lowest BCUT2D eigenvalue weighted by Gasteiger charge is -2.15. The predicted octanol–water partition coefficient (Wildman–Crippen LogP) is 2.85. The monoisotopic (exact) mass is 347 g/mol. The van der Waals surface area contributed by atoms with Crippen LogP contribution in [0.5, 0.6) is 11.5 Å². The van der Waals surface area contributed by atoms with Gasteiger partial charge in [-0.25, -0.2) is 4.39 Å². The lowest BCUT2D eigenvalue weighted by molar-refractivity contribution is -0.142. The van der Waals surface area contributed by atoms with E-state index in [2.05, 4.69) is 4.74 Å². The molecule has 0 radical (unpaired) electrons. The van der Waals surface area contributed by atoms with E-state index in [-0.39, 0.29) is 12.4 Å². The second kappa shape index (κ2) is 9.03. The number of esters is 1. The molecule has 0 saturated carbocycles. The van der Waals surface area contributed by atoms with Crippen LogP contribution in [-0.4, -0.2) is 25.7 Å². The molecule has 5 nitrogen and oxygen atoms in total. The number of benzene rings is 2. The van der Waals surface area contributed by atoms with E-state index in [1.165, 1.54) is 13.2 Å². The van der Waals surface area contributed by atoms with Gasteiger partial charge in [-0.2, -0.15) is 0 Å². The number of carbonyl (C=O) groups is 1. The number of hydrogen-bond acceptors (Lipinski definition) is 5. The van der Waals surface area contributed by atoms with E-state index in [1.54, 1.807) is 36.4 Å². The van der Waals surface area contributed by atoms with Gasteiger partial charge in [-0.05, 0) is 37.1 Å². The standard InChI is InChI=1S/C19H22FNO4/c1-3-24-18-11-13(10-16(21)19(22)23-2)8-9-17(18)25-12-14-6-4-5-7-15(14)20/h4-9,11,16H,3,10,12,21H2,1-2H3. The minimum Gasteiger partial charge on any atom is -0.490 e. The van der Waals surface area contributed by atoms with Gasteiger partial charge in [0, 0.05) is 5.56 Å². The van der Waals surface area contributed by atoms with E-state index in [9.17, 15) is 9.18 Å². The van der Waals surface area contributed by atoms with Crippen molar-refractivity contribution in [2.45, 2.75) is 26.0 Å². The summed E-state index contributed by atoms with van der Waals surface area (Å²) in [6.07, 6.45) is 0.320. The van der Waals surface area contributed by atoms with Crippen molar-refractivity contribution in [1.82, 2.24) is 0 Å². The predicted molar refractivity (Wildman–Crippen MR) is 92.0 cm³/mol. The highest BCUT2D eigenvalue weighted by Crippen LogP contribution is 2.30. The Morgan fingerprint density at radius 1 is 1.16 bits per heavy atom.